The molecule has 4 aliphatic rings. The maximum atomic E-state index is 13.5. The number of rotatable bonds is 2. The van der Waals surface area contributed by atoms with Gasteiger partial charge >= 0.3 is 5.97 Å². The van der Waals surface area contributed by atoms with Gasteiger partial charge in [-0.25, -0.2) is 0 Å². The van der Waals surface area contributed by atoms with Gasteiger partial charge in [-0.15, -0.1) is 0 Å². The van der Waals surface area contributed by atoms with Gasteiger partial charge in [0.2, 0.25) is 0 Å². The lowest BCUT2D eigenvalue weighted by atomic mass is 9.47. The van der Waals surface area contributed by atoms with E-state index >= 15 is 0 Å². The van der Waals surface area contributed by atoms with Crippen LogP contribution in [-0.2, 0) is 19.1 Å². The molecule has 3 saturated carbocycles. The van der Waals surface area contributed by atoms with E-state index in [1.807, 2.05) is 6.92 Å². The van der Waals surface area contributed by atoms with Crippen molar-refractivity contribution in [2.45, 2.75) is 52.9 Å². The van der Waals surface area contributed by atoms with Gasteiger partial charge in [-0.05, 0) is 61.5 Å². The minimum atomic E-state index is -0.430. The zero-order valence-electron chi connectivity index (χ0n) is 16.8. The van der Waals surface area contributed by atoms with Crippen LogP contribution < -0.4 is 0 Å². The molecule has 146 valence electrons. The molecular formula is C23H30O4. The number of carbonyl (C=O) groups excluding carboxylic acids is 3. The fourth-order valence-electron chi connectivity index (χ4n) is 7.10. The summed E-state index contributed by atoms with van der Waals surface area (Å²) in [7, 11) is 1.43. The minimum Gasteiger partial charge on any atom is -0.469 e. The van der Waals surface area contributed by atoms with Crippen molar-refractivity contribution in [1.82, 2.24) is 0 Å². The van der Waals surface area contributed by atoms with Gasteiger partial charge in [-0.3, -0.25) is 14.4 Å². The van der Waals surface area contributed by atoms with Gasteiger partial charge in [0.25, 0.3) is 0 Å². The Balaban J connectivity index is 1.69. The van der Waals surface area contributed by atoms with E-state index in [1.54, 1.807) is 12.2 Å². The Morgan fingerprint density at radius 3 is 2.63 bits per heavy atom. The average Bonchev–Trinajstić information content (AvgIpc) is 3.01. The summed E-state index contributed by atoms with van der Waals surface area (Å²) in [6.07, 6.45) is 9.99. The number of Topliss-reactive ketones (excluding diaryl/α,β-unsaturated/α-hetero) is 1. The zero-order chi connectivity index (χ0) is 19.6. The van der Waals surface area contributed by atoms with Gasteiger partial charge in [0.15, 0.2) is 5.78 Å². The van der Waals surface area contributed by atoms with Crippen molar-refractivity contribution in [3.05, 3.63) is 23.8 Å². The fraction of sp³-hybridized carbons (Fsp3) is 0.696. The number of carbonyl (C=O) groups is 3. The molecule has 0 aromatic carbocycles. The molecule has 4 aliphatic carbocycles. The summed E-state index contributed by atoms with van der Waals surface area (Å²) in [4.78, 5) is 37.5. The van der Waals surface area contributed by atoms with Gasteiger partial charge in [-0.2, -0.15) is 0 Å². The van der Waals surface area contributed by atoms with E-state index in [1.165, 1.54) is 12.7 Å². The van der Waals surface area contributed by atoms with Crippen LogP contribution in [0.4, 0.5) is 0 Å². The molecule has 0 amide bonds. The summed E-state index contributed by atoms with van der Waals surface area (Å²) in [5, 5.41) is 0. The third-order valence-electron chi connectivity index (χ3n) is 8.66. The lowest BCUT2D eigenvalue weighted by Crippen LogP contribution is -2.55. The van der Waals surface area contributed by atoms with Crippen molar-refractivity contribution < 1.29 is 19.1 Å². The summed E-state index contributed by atoms with van der Waals surface area (Å²) in [5.74, 6) is 1.06. The summed E-state index contributed by atoms with van der Waals surface area (Å²) in [6, 6.07) is 0. The molecule has 0 bridgehead atoms. The van der Waals surface area contributed by atoms with Crippen molar-refractivity contribution >= 4 is 17.5 Å². The molecule has 4 nitrogen and oxygen atoms in total. The summed E-state index contributed by atoms with van der Waals surface area (Å²) < 4.78 is 4.99. The molecule has 0 spiro atoms. The van der Waals surface area contributed by atoms with Gasteiger partial charge in [-0.1, -0.05) is 32.4 Å². The van der Waals surface area contributed by atoms with Gasteiger partial charge in [0.05, 0.1) is 13.0 Å². The lowest BCUT2D eigenvalue weighted by Gasteiger charge is -2.56. The Hall–Kier alpha value is -1.71. The van der Waals surface area contributed by atoms with Crippen LogP contribution in [0.25, 0.3) is 0 Å². The molecule has 0 radical (unpaired) electrons. The minimum absolute atomic E-state index is 0.0663. The molecule has 0 N–H and O–H groups in total. The van der Waals surface area contributed by atoms with Gasteiger partial charge < -0.3 is 4.74 Å². The Labute approximate surface area is 161 Å². The first-order chi connectivity index (χ1) is 12.7. The highest BCUT2D eigenvalue weighted by Crippen LogP contribution is 2.65. The Morgan fingerprint density at radius 2 is 1.93 bits per heavy atom. The topological polar surface area (TPSA) is 60.4 Å². The molecule has 0 aromatic heterocycles. The van der Waals surface area contributed by atoms with Gasteiger partial charge in [0.1, 0.15) is 5.78 Å². The molecule has 4 heteroatoms. The van der Waals surface area contributed by atoms with E-state index in [9.17, 15) is 14.4 Å². The average molecular weight is 370 g/mol. The lowest BCUT2D eigenvalue weighted by molar-refractivity contribution is -0.155. The molecule has 0 heterocycles. The normalized spacial score (nSPS) is 44.1. The number of hydrogen-bond acceptors (Lipinski definition) is 4. The number of ether oxygens (including phenoxy) is 1. The third-order valence-corrected chi connectivity index (χ3v) is 8.66. The highest BCUT2D eigenvalue weighted by atomic mass is 16.5. The van der Waals surface area contributed by atoms with Crippen LogP contribution in [0.15, 0.2) is 23.8 Å². The number of methoxy groups -OCH3 is 1. The molecule has 0 aliphatic heterocycles. The number of ketones is 2. The van der Waals surface area contributed by atoms with E-state index in [2.05, 4.69) is 19.9 Å². The number of hydrogen-bond donors (Lipinski definition) is 0. The van der Waals surface area contributed by atoms with Crippen molar-refractivity contribution in [1.29, 1.82) is 0 Å². The number of allylic oxidation sites excluding steroid dienone is 4. The molecular weight excluding hydrogens is 340 g/mol. The molecule has 7 atom stereocenters. The Morgan fingerprint density at radius 1 is 1.19 bits per heavy atom. The van der Waals surface area contributed by atoms with Crippen molar-refractivity contribution in [2.75, 3.05) is 7.11 Å². The third kappa shape index (κ3) is 2.44. The van der Waals surface area contributed by atoms with Crippen molar-refractivity contribution in [3.8, 4) is 0 Å². The van der Waals surface area contributed by atoms with E-state index in [-0.39, 0.29) is 34.9 Å². The van der Waals surface area contributed by atoms with Gasteiger partial charge in [0, 0.05) is 17.3 Å². The molecule has 0 aromatic rings. The second-order valence-electron chi connectivity index (χ2n) is 9.51. The van der Waals surface area contributed by atoms with Crippen LogP contribution in [0.5, 0.6) is 0 Å². The van der Waals surface area contributed by atoms with E-state index in [0.29, 0.717) is 24.0 Å². The summed E-state index contributed by atoms with van der Waals surface area (Å²) >= 11 is 0. The van der Waals surface area contributed by atoms with E-state index < -0.39 is 5.41 Å². The van der Waals surface area contributed by atoms with Crippen LogP contribution in [0.2, 0.25) is 0 Å². The summed E-state index contributed by atoms with van der Waals surface area (Å²) in [6.45, 7) is 6.24. The highest BCUT2D eigenvalue weighted by molar-refractivity contribution is 6.01. The Bertz CT molecular complexity index is 762. The first-order valence-electron chi connectivity index (χ1n) is 10.3. The molecule has 3 fully saturated rings. The second kappa shape index (κ2) is 6.15. The maximum Gasteiger partial charge on any atom is 0.308 e. The highest BCUT2D eigenvalue weighted by Gasteiger charge is 2.63. The van der Waals surface area contributed by atoms with E-state index in [4.69, 9.17) is 4.74 Å². The first kappa shape index (κ1) is 18.6. The second-order valence-corrected chi connectivity index (χ2v) is 9.51. The van der Waals surface area contributed by atoms with Crippen LogP contribution in [-0.4, -0.2) is 24.6 Å². The van der Waals surface area contributed by atoms with Crippen molar-refractivity contribution in [3.63, 3.8) is 0 Å². The molecule has 27 heavy (non-hydrogen) atoms. The SMILES string of the molecule is COC(=O)C(C)[C@H]1CC[C@H]2[C@@H]3CCC4=CC(=O)C=C[C@]4(C)[C@H]3CC(=O)[C@]12C. The molecule has 1 unspecified atom stereocenters. The quantitative estimate of drug-likeness (QED) is 0.692. The standard InChI is InChI=1S/C23H30O4/c1-13(21(26)27-4)17-7-8-18-16-6-5-14-11-15(24)9-10-22(14,2)19(16)12-20(25)23(17,18)3/h9-11,13,16-19H,5-8,12H2,1-4H3/t13?,16-,17+,18-,19-,22-,23+/m0/s1. The van der Waals surface area contributed by atoms with E-state index in [0.717, 1.165) is 25.7 Å². The van der Waals surface area contributed by atoms with Crippen LogP contribution >= 0.6 is 0 Å². The number of esters is 1. The monoisotopic (exact) mass is 370 g/mol. The molecule has 4 rings (SSSR count). The Kier molecular flexibility index (Phi) is 4.25. The summed E-state index contributed by atoms with van der Waals surface area (Å²) in [5.41, 5.74) is 0.588. The maximum absolute atomic E-state index is 13.5. The fourth-order valence-corrected chi connectivity index (χ4v) is 7.10. The zero-order valence-corrected chi connectivity index (χ0v) is 16.8. The van der Waals surface area contributed by atoms with Crippen LogP contribution in [0, 0.1) is 40.4 Å². The smallest absolute Gasteiger partial charge is 0.308 e. The van der Waals surface area contributed by atoms with Crippen molar-refractivity contribution in [2.24, 2.45) is 40.4 Å². The molecule has 0 saturated heterocycles. The first-order valence-corrected chi connectivity index (χ1v) is 10.3. The number of fused-ring (bicyclic) bond motifs is 5. The van der Waals surface area contributed by atoms with Crippen LogP contribution in [0.1, 0.15) is 52.9 Å². The largest absolute Gasteiger partial charge is 0.469 e. The van der Waals surface area contributed by atoms with Crippen LogP contribution in [0.3, 0.4) is 0 Å². The predicted octanol–water partition coefficient (Wildman–Crippen LogP) is 3.90. The predicted molar refractivity (Wildman–Crippen MR) is 102 cm³/mol.